The van der Waals surface area contributed by atoms with Crippen LogP contribution >= 0.6 is 0 Å². The molecule has 0 aliphatic rings. The van der Waals surface area contributed by atoms with Crippen LogP contribution in [0.1, 0.15) is 13.3 Å². The molecule has 2 N–H and O–H groups in total. The Morgan fingerprint density at radius 3 is 2.42 bits per heavy atom. The molecule has 0 unspecified atom stereocenters. The standard InChI is InChI=1S/C7H16N2O2S/c1-7(6-8)4-5-9(2)12(3,10)11/h6H,4-5,8H2,1-3H3/b7-6-. The summed E-state index contributed by atoms with van der Waals surface area (Å²) in [6.45, 7) is 2.36. The fourth-order valence-corrected chi connectivity index (χ4v) is 1.01. The number of sulfonamides is 1. The van der Waals surface area contributed by atoms with Gasteiger partial charge in [-0.3, -0.25) is 0 Å². The number of hydrogen-bond donors (Lipinski definition) is 1. The second-order valence-electron chi connectivity index (χ2n) is 2.85. The Morgan fingerprint density at radius 1 is 1.58 bits per heavy atom. The topological polar surface area (TPSA) is 63.4 Å². The molecule has 0 atom stereocenters. The van der Waals surface area contributed by atoms with Gasteiger partial charge in [0, 0.05) is 13.6 Å². The van der Waals surface area contributed by atoms with Crippen molar-refractivity contribution in [2.24, 2.45) is 5.73 Å². The van der Waals surface area contributed by atoms with Gasteiger partial charge in [0.15, 0.2) is 0 Å². The fourth-order valence-electron chi connectivity index (χ4n) is 0.583. The van der Waals surface area contributed by atoms with Gasteiger partial charge in [0.1, 0.15) is 0 Å². The Balaban J connectivity index is 3.97. The molecule has 0 spiro atoms. The summed E-state index contributed by atoms with van der Waals surface area (Å²) < 4.78 is 23.1. The molecule has 0 fully saturated rings. The second kappa shape index (κ2) is 4.47. The van der Waals surface area contributed by atoms with E-state index in [0.717, 1.165) is 5.57 Å². The highest BCUT2D eigenvalue weighted by molar-refractivity contribution is 7.88. The molecular weight excluding hydrogens is 176 g/mol. The van der Waals surface area contributed by atoms with Crippen LogP contribution in [0.5, 0.6) is 0 Å². The van der Waals surface area contributed by atoms with E-state index in [1.54, 1.807) is 7.05 Å². The highest BCUT2D eigenvalue weighted by Gasteiger charge is 2.09. The smallest absolute Gasteiger partial charge is 0.210 e. The lowest BCUT2D eigenvalue weighted by atomic mass is 10.2. The first kappa shape index (κ1) is 11.4. The zero-order valence-corrected chi connectivity index (χ0v) is 8.56. The Labute approximate surface area is 74.1 Å². The molecule has 0 aromatic carbocycles. The number of nitrogens with two attached hydrogens (primary N) is 1. The molecular formula is C7H16N2O2S. The van der Waals surface area contributed by atoms with Crippen LogP contribution in [0.4, 0.5) is 0 Å². The fraction of sp³-hybridized carbons (Fsp3) is 0.714. The van der Waals surface area contributed by atoms with Gasteiger partial charge < -0.3 is 5.73 Å². The van der Waals surface area contributed by atoms with E-state index in [1.807, 2.05) is 6.92 Å². The van der Waals surface area contributed by atoms with Crippen molar-refractivity contribution in [2.75, 3.05) is 19.8 Å². The number of rotatable bonds is 4. The molecule has 0 aliphatic heterocycles. The number of nitrogens with zero attached hydrogens (tertiary/aromatic N) is 1. The predicted molar refractivity (Wildman–Crippen MR) is 50.0 cm³/mol. The van der Waals surface area contributed by atoms with E-state index in [-0.39, 0.29) is 0 Å². The Hall–Kier alpha value is -0.550. The lowest BCUT2D eigenvalue weighted by Crippen LogP contribution is -2.26. The third-order valence-corrected chi connectivity index (χ3v) is 2.99. The molecule has 72 valence electrons. The van der Waals surface area contributed by atoms with Crippen LogP contribution in [0.2, 0.25) is 0 Å². The minimum absolute atomic E-state index is 0.484. The van der Waals surface area contributed by atoms with Gasteiger partial charge in [-0.2, -0.15) is 0 Å². The molecule has 0 amide bonds. The monoisotopic (exact) mass is 192 g/mol. The van der Waals surface area contributed by atoms with Gasteiger partial charge in [0.05, 0.1) is 6.26 Å². The summed E-state index contributed by atoms with van der Waals surface area (Å²) in [7, 11) is -1.49. The van der Waals surface area contributed by atoms with Crippen molar-refractivity contribution in [3.05, 3.63) is 11.8 Å². The first-order chi connectivity index (χ1) is 5.38. The summed E-state index contributed by atoms with van der Waals surface area (Å²) in [5.41, 5.74) is 6.23. The van der Waals surface area contributed by atoms with Crippen LogP contribution in [-0.4, -0.2) is 32.6 Å². The van der Waals surface area contributed by atoms with Crippen LogP contribution in [0.15, 0.2) is 11.8 Å². The average Bonchev–Trinajstić information content (AvgIpc) is 1.97. The molecule has 0 saturated carbocycles. The molecule has 0 aromatic heterocycles. The van der Waals surface area contributed by atoms with Crippen LogP contribution in [0.3, 0.4) is 0 Å². The number of hydrogen-bond acceptors (Lipinski definition) is 3. The summed E-state index contributed by atoms with van der Waals surface area (Å²) in [6, 6.07) is 0. The first-order valence-corrected chi connectivity index (χ1v) is 5.51. The van der Waals surface area contributed by atoms with Crippen LogP contribution in [0, 0.1) is 0 Å². The van der Waals surface area contributed by atoms with Gasteiger partial charge in [-0.25, -0.2) is 12.7 Å². The summed E-state index contributed by atoms with van der Waals surface area (Å²) in [5.74, 6) is 0. The Morgan fingerprint density at radius 2 is 2.08 bits per heavy atom. The summed E-state index contributed by atoms with van der Waals surface area (Å²) >= 11 is 0. The molecule has 0 rings (SSSR count). The maximum Gasteiger partial charge on any atom is 0.210 e. The molecule has 0 bridgehead atoms. The van der Waals surface area contributed by atoms with E-state index >= 15 is 0 Å². The maximum absolute atomic E-state index is 10.9. The second-order valence-corrected chi connectivity index (χ2v) is 4.94. The molecule has 4 nitrogen and oxygen atoms in total. The van der Waals surface area contributed by atoms with Crippen molar-refractivity contribution in [1.29, 1.82) is 0 Å². The lowest BCUT2D eigenvalue weighted by Gasteiger charge is -2.13. The van der Waals surface area contributed by atoms with Crippen molar-refractivity contribution in [3.63, 3.8) is 0 Å². The maximum atomic E-state index is 10.9. The zero-order chi connectivity index (χ0) is 9.78. The van der Waals surface area contributed by atoms with E-state index in [2.05, 4.69) is 0 Å². The Bertz CT molecular complexity index is 257. The normalized spacial score (nSPS) is 13.8. The Kier molecular flexibility index (Phi) is 4.26. The third kappa shape index (κ3) is 4.35. The van der Waals surface area contributed by atoms with Crippen molar-refractivity contribution < 1.29 is 8.42 Å². The first-order valence-electron chi connectivity index (χ1n) is 3.66. The zero-order valence-electron chi connectivity index (χ0n) is 7.74. The van der Waals surface area contributed by atoms with Crippen molar-refractivity contribution in [3.8, 4) is 0 Å². The quantitative estimate of drug-likeness (QED) is 0.688. The molecule has 0 radical (unpaired) electrons. The average molecular weight is 192 g/mol. The van der Waals surface area contributed by atoms with Gasteiger partial charge in [0.2, 0.25) is 10.0 Å². The van der Waals surface area contributed by atoms with E-state index in [1.165, 1.54) is 16.8 Å². The third-order valence-electron chi connectivity index (χ3n) is 1.67. The van der Waals surface area contributed by atoms with E-state index in [4.69, 9.17) is 5.73 Å². The van der Waals surface area contributed by atoms with Crippen LogP contribution in [-0.2, 0) is 10.0 Å². The highest BCUT2D eigenvalue weighted by atomic mass is 32.2. The molecule has 0 aliphatic carbocycles. The molecule has 0 aromatic rings. The molecule has 5 heteroatoms. The molecule has 12 heavy (non-hydrogen) atoms. The lowest BCUT2D eigenvalue weighted by molar-refractivity contribution is 0.477. The van der Waals surface area contributed by atoms with Crippen LogP contribution < -0.4 is 5.73 Å². The van der Waals surface area contributed by atoms with E-state index < -0.39 is 10.0 Å². The minimum atomic E-state index is -3.04. The van der Waals surface area contributed by atoms with Crippen molar-refractivity contribution >= 4 is 10.0 Å². The minimum Gasteiger partial charge on any atom is -0.405 e. The van der Waals surface area contributed by atoms with E-state index in [9.17, 15) is 8.42 Å². The van der Waals surface area contributed by atoms with Gasteiger partial charge >= 0.3 is 0 Å². The van der Waals surface area contributed by atoms with Crippen LogP contribution in [0.25, 0.3) is 0 Å². The molecule has 0 heterocycles. The van der Waals surface area contributed by atoms with Crippen molar-refractivity contribution in [2.45, 2.75) is 13.3 Å². The summed E-state index contributed by atoms with van der Waals surface area (Å²) in [6.07, 6.45) is 3.37. The largest absolute Gasteiger partial charge is 0.405 e. The predicted octanol–water partition coefficient (Wildman–Crippen LogP) is 0.130. The van der Waals surface area contributed by atoms with Gasteiger partial charge in [-0.05, 0) is 19.5 Å². The molecule has 0 saturated heterocycles. The van der Waals surface area contributed by atoms with E-state index in [0.29, 0.717) is 13.0 Å². The SMILES string of the molecule is C/C(=C/N)CCN(C)S(C)(=O)=O. The van der Waals surface area contributed by atoms with Crippen molar-refractivity contribution in [1.82, 2.24) is 4.31 Å². The van der Waals surface area contributed by atoms with Gasteiger partial charge in [-0.15, -0.1) is 0 Å². The summed E-state index contributed by atoms with van der Waals surface area (Å²) in [4.78, 5) is 0. The van der Waals surface area contributed by atoms with Gasteiger partial charge in [-0.1, -0.05) is 5.57 Å². The summed E-state index contributed by atoms with van der Waals surface area (Å²) in [5, 5.41) is 0. The highest BCUT2D eigenvalue weighted by Crippen LogP contribution is 2.01. The van der Waals surface area contributed by atoms with Gasteiger partial charge in [0.25, 0.3) is 0 Å².